The Bertz CT molecular complexity index is 751. The van der Waals surface area contributed by atoms with Gasteiger partial charge in [-0.05, 0) is 19.8 Å². The van der Waals surface area contributed by atoms with E-state index in [2.05, 4.69) is 20.8 Å². The fraction of sp³-hybridized carbons (Fsp3) is 0.625. The lowest BCUT2D eigenvalue weighted by molar-refractivity contribution is 0.0963. The number of nitrogens with one attached hydrogen (secondary N) is 3. The zero-order chi connectivity index (χ0) is 19.4. The highest BCUT2D eigenvalue weighted by Crippen LogP contribution is 2.26. The van der Waals surface area contributed by atoms with Gasteiger partial charge in [-0.25, -0.2) is 14.7 Å². The van der Waals surface area contributed by atoms with Crippen LogP contribution in [0.3, 0.4) is 0 Å². The van der Waals surface area contributed by atoms with Crippen LogP contribution in [-0.4, -0.2) is 60.3 Å². The molecule has 2 aliphatic rings. The van der Waals surface area contributed by atoms with Gasteiger partial charge >= 0.3 is 12.2 Å². The van der Waals surface area contributed by atoms with Crippen molar-refractivity contribution in [3.63, 3.8) is 0 Å². The minimum atomic E-state index is -0.489. The molecule has 2 amide bonds. The van der Waals surface area contributed by atoms with E-state index in [1.807, 2.05) is 4.90 Å². The Labute approximate surface area is 160 Å². The number of alkyl carbamates (subject to hydrolysis) is 2. The highest BCUT2D eigenvalue weighted by molar-refractivity contribution is 6.33. The van der Waals surface area contributed by atoms with Crippen LogP contribution in [0.5, 0.6) is 0 Å². The molecule has 27 heavy (non-hydrogen) atoms. The minimum Gasteiger partial charge on any atom is -0.450 e. The third-order valence-electron chi connectivity index (χ3n) is 4.59. The molecule has 3 rings (SSSR count). The standard InChI is InChI=1S/C16H22ClN5O5/c1-2-26-15(24)19-9-5-10(6-9)20-16(25)27-11-3-4-22(8-11)12-7-18-21-14(23)13(12)17/h7,9-11H,2-6,8H2,1H3,(H,19,24)(H,20,25)(H,21,23)/t9?,10?,11-/m1/s1. The molecular formula is C16H22ClN5O5. The van der Waals surface area contributed by atoms with E-state index in [1.54, 1.807) is 6.92 Å². The number of aromatic amines is 1. The van der Waals surface area contributed by atoms with Crippen molar-refractivity contribution in [1.82, 2.24) is 20.8 Å². The fourth-order valence-corrected chi connectivity index (χ4v) is 3.39. The highest BCUT2D eigenvalue weighted by Gasteiger charge is 2.33. The molecule has 10 nitrogen and oxygen atoms in total. The van der Waals surface area contributed by atoms with E-state index < -0.39 is 17.7 Å². The van der Waals surface area contributed by atoms with Crippen LogP contribution in [0.4, 0.5) is 15.3 Å². The Morgan fingerprint density at radius 3 is 2.74 bits per heavy atom. The number of carbonyl (C=O) groups is 2. The molecule has 2 heterocycles. The first-order valence-electron chi connectivity index (χ1n) is 8.84. The molecule has 0 aromatic carbocycles. The van der Waals surface area contributed by atoms with Crippen molar-refractivity contribution in [2.45, 2.75) is 44.4 Å². The number of aromatic nitrogens is 2. The van der Waals surface area contributed by atoms with Crippen LogP contribution < -0.4 is 21.1 Å². The van der Waals surface area contributed by atoms with Crippen LogP contribution in [0.1, 0.15) is 26.2 Å². The summed E-state index contributed by atoms with van der Waals surface area (Å²) in [6, 6.07) is -0.0320. The lowest BCUT2D eigenvalue weighted by atomic mass is 9.87. The molecule has 0 spiro atoms. The summed E-state index contributed by atoms with van der Waals surface area (Å²) >= 11 is 6.01. The second kappa shape index (κ2) is 8.47. The van der Waals surface area contributed by atoms with Crippen LogP contribution >= 0.6 is 11.6 Å². The number of anilines is 1. The molecule has 148 valence electrons. The predicted molar refractivity (Wildman–Crippen MR) is 97.1 cm³/mol. The summed E-state index contributed by atoms with van der Waals surface area (Å²) in [5.41, 5.74) is 0.0750. The summed E-state index contributed by atoms with van der Waals surface area (Å²) in [7, 11) is 0. The van der Waals surface area contributed by atoms with Crippen LogP contribution in [-0.2, 0) is 9.47 Å². The van der Waals surface area contributed by atoms with E-state index in [-0.39, 0.29) is 23.2 Å². The van der Waals surface area contributed by atoms with Crippen molar-refractivity contribution in [1.29, 1.82) is 0 Å². The van der Waals surface area contributed by atoms with E-state index in [0.29, 0.717) is 44.6 Å². The van der Waals surface area contributed by atoms with Gasteiger partial charge in [-0.2, -0.15) is 5.10 Å². The fourth-order valence-electron chi connectivity index (χ4n) is 3.18. The van der Waals surface area contributed by atoms with Crippen LogP contribution in [0.25, 0.3) is 0 Å². The molecule has 0 unspecified atom stereocenters. The Morgan fingerprint density at radius 1 is 1.33 bits per heavy atom. The lowest BCUT2D eigenvalue weighted by Crippen LogP contribution is -2.54. The molecule has 1 saturated carbocycles. The largest absolute Gasteiger partial charge is 0.450 e. The maximum Gasteiger partial charge on any atom is 0.407 e. The van der Waals surface area contributed by atoms with Crippen molar-refractivity contribution in [3.8, 4) is 0 Å². The summed E-state index contributed by atoms with van der Waals surface area (Å²) in [5, 5.41) is 11.6. The van der Waals surface area contributed by atoms with Crippen LogP contribution in [0.15, 0.2) is 11.0 Å². The number of rotatable bonds is 5. The summed E-state index contributed by atoms with van der Waals surface area (Å²) in [6.07, 6.45) is 2.16. The predicted octanol–water partition coefficient (Wildman–Crippen LogP) is 1.01. The molecule has 1 aliphatic heterocycles. The van der Waals surface area contributed by atoms with Gasteiger partial charge in [0, 0.05) is 25.0 Å². The molecular weight excluding hydrogens is 378 g/mol. The third kappa shape index (κ3) is 4.82. The summed E-state index contributed by atoms with van der Waals surface area (Å²) < 4.78 is 10.3. The van der Waals surface area contributed by atoms with Gasteiger partial charge in [0.2, 0.25) is 0 Å². The average molecular weight is 400 g/mol. The number of carbonyl (C=O) groups excluding carboxylic acids is 2. The molecule has 1 aromatic rings. The second-order valence-electron chi connectivity index (χ2n) is 6.53. The SMILES string of the molecule is CCOC(=O)NC1CC(NC(=O)O[C@@H]2CCN(c3cn[nH]c(=O)c3Cl)C2)C1. The van der Waals surface area contributed by atoms with Gasteiger partial charge in [0.05, 0.1) is 25.0 Å². The molecule has 3 N–H and O–H groups in total. The summed E-state index contributed by atoms with van der Waals surface area (Å²) in [5.74, 6) is 0. The van der Waals surface area contributed by atoms with Gasteiger partial charge in [0.25, 0.3) is 5.56 Å². The van der Waals surface area contributed by atoms with Gasteiger partial charge < -0.3 is 25.0 Å². The van der Waals surface area contributed by atoms with Gasteiger partial charge in [-0.15, -0.1) is 0 Å². The number of nitrogens with zero attached hydrogens (tertiary/aromatic N) is 2. The van der Waals surface area contributed by atoms with Crippen LogP contribution in [0, 0.1) is 0 Å². The Balaban J connectivity index is 1.39. The van der Waals surface area contributed by atoms with Gasteiger partial charge in [0.1, 0.15) is 11.1 Å². The first kappa shape index (κ1) is 19.3. The molecule has 1 aromatic heterocycles. The number of H-pyrrole nitrogens is 1. The first-order valence-corrected chi connectivity index (χ1v) is 9.22. The summed E-state index contributed by atoms with van der Waals surface area (Å²) in [6.45, 7) is 3.11. The number of ether oxygens (including phenoxy) is 2. The Hall–Kier alpha value is -2.49. The highest BCUT2D eigenvalue weighted by atomic mass is 35.5. The number of amides is 2. The molecule has 1 aliphatic carbocycles. The lowest BCUT2D eigenvalue weighted by Gasteiger charge is -2.35. The van der Waals surface area contributed by atoms with Crippen molar-refractivity contribution in [3.05, 3.63) is 21.6 Å². The minimum absolute atomic E-state index is 0.00198. The maximum atomic E-state index is 12.0. The van der Waals surface area contributed by atoms with Gasteiger partial charge in [0.15, 0.2) is 0 Å². The molecule has 0 bridgehead atoms. The Morgan fingerprint density at radius 2 is 2.04 bits per heavy atom. The smallest absolute Gasteiger partial charge is 0.407 e. The van der Waals surface area contributed by atoms with Gasteiger partial charge in [-0.1, -0.05) is 11.6 Å². The van der Waals surface area contributed by atoms with E-state index in [0.717, 1.165) is 0 Å². The monoisotopic (exact) mass is 399 g/mol. The summed E-state index contributed by atoms with van der Waals surface area (Å²) in [4.78, 5) is 36.8. The molecule has 2 fully saturated rings. The normalized spacial score (nSPS) is 24.1. The quantitative estimate of drug-likeness (QED) is 0.674. The zero-order valence-corrected chi connectivity index (χ0v) is 15.6. The molecule has 11 heteroatoms. The topological polar surface area (TPSA) is 126 Å². The average Bonchev–Trinajstić information content (AvgIpc) is 3.03. The second-order valence-corrected chi connectivity index (χ2v) is 6.91. The van der Waals surface area contributed by atoms with Crippen molar-refractivity contribution in [2.24, 2.45) is 0 Å². The molecule has 0 radical (unpaired) electrons. The van der Waals surface area contributed by atoms with Crippen LogP contribution in [0.2, 0.25) is 5.02 Å². The molecule has 1 atom stereocenters. The van der Waals surface area contributed by atoms with E-state index in [4.69, 9.17) is 21.1 Å². The van der Waals surface area contributed by atoms with Crippen molar-refractivity contribution < 1.29 is 19.1 Å². The number of halogens is 1. The molecule has 1 saturated heterocycles. The number of hydrogen-bond donors (Lipinski definition) is 3. The zero-order valence-electron chi connectivity index (χ0n) is 14.9. The van der Waals surface area contributed by atoms with E-state index >= 15 is 0 Å². The van der Waals surface area contributed by atoms with E-state index in [9.17, 15) is 14.4 Å². The third-order valence-corrected chi connectivity index (χ3v) is 4.96. The van der Waals surface area contributed by atoms with Crippen molar-refractivity contribution >= 4 is 29.5 Å². The van der Waals surface area contributed by atoms with Gasteiger partial charge in [-0.3, -0.25) is 4.79 Å². The number of hydrogen-bond acceptors (Lipinski definition) is 7. The first-order chi connectivity index (χ1) is 13.0. The van der Waals surface area contributed by atoms with Crippen molar-refractivity contribution in [2.75, 3.05) is 24.6 Å². The van der Waals surface area contributed by atoms with E-state index in [1.165, 1.54) is 6.20 Å². The Kier molecular flexibility index (Phi) is 6.04. The maximum absolute atomic E-state index is 12.0.